The van der Waals surface area contributed by atoms with E-state index < -0.39 is 0 Å². The first-order valence-corrected chi connectivity index (χ1v) is 6.74. The molecule has 4 nitrogen and oxygen atoms in total. The molecule has 0 aliphatic carbocycles. The van der Waals surface area contributed by atoms with Gasteiger partial charge in [0.05, 0.1) is 0 Å². The van der Waals surface area contributed by atoms with Crippen molar-refractivity contribution >= 4 is 0 Å². The number of hydrogen-bond donors (Lipinski definition) is 2. The Hall–Kier alpha value is -2.27. The largest absolute Gasteiger partial charge is 0.507 e. The second-order valence-electron chi connectivity index (χ2n) is 4.96. The van der Waals surface area contributed by atoms with Crippen LogP contribution in [0.25, 0.3) is 0 Å². The number of ether oxygens (including phenoxy) is 2. The maximum Gasteiger partial charge on any atom is 0.231 e. The summed E-state index contributed by atoms with van der Waals surface area (Å²) in [7, 11) is 0. The smallest absolute Gasteiger partial charge is 0.231 e. The molecule has 110 valence electrons. The second-order valence-corrected chi connectivity index (χ2v) is 4.96. The monoisotopic (exact) mass is 289 g/mol. The van der Waals surface area contributed by atoms with Gasteiger partial charge in [-0.25, -0.2) is 4.39 Å². The molecule has 0 saturated heterocycles. The maximum absolute atomic E-state index is 13.7. The maximum atomic E-state index is 13.7. The lowest BCUT2D eigenvalue weighted by molar-refractivity contribution is 0.174. The number of halogens is 1. The number of phenols is 1. The molecule has 1 aliphatic heterocycles. The molecular formula is C16H16FNO3. The molecule has 3 rings (SSSR count). The minimum atomic E-state index is -0.243. The van der Waals surface area contributed by atoms with Gasteiger partial charge >= 0.3 is 0 Å². The lowest BCUT2D eigenvalue weighted by Crippen LogP contribution is -2.19. The van der Waals surface area contributed by atoms with Crippen molar-refractivity contribution < 1.29 is 19.0 Å². The molecule has 0 unspecified atom stereocenters. The molecule has 0 radical (unpaired) electrons. The Kier molecular flexibility index (Phi) is 3.66. The summed E-state index contributed by atoms with van der Waals surface area (Å²) in [5, 5.41) is 13.2. The topological polar surface area (TPSA) is 50.7 Å². The SMILES string of the molecule is C[C@@H](NCc1cc2c(cc1O)OCO2)c1ccccc1F. The third-order valence-electron chi connectivity index (χ3n) is 3.54. The van der Waals surface area contributed by atoms with E-state index in [4.69, 9.17) is 9.47 Å². The molecule has 1 heterocycles. The van der Waals surface area contributed by atoms with E-state index >= 15 is 0 Å². The summed E-state index contributed by atoms with van der Waals surface area (Å²) >= 11 is 0. The van der Waals surface area contributed by atoms with Crippen LogP contribution in [0.4, 0.5) is 4.39 Å². The summed E-state index contributed by atoms with van der Waals surface area (Å²) in [4.78, 5) is 0. The Balaban J connectivity index is 1.72. The lowest BCUT2D eigenvalue weighted by Gasteiger charge is -2.15. The van der Waals surface area contributed by atoms with Crippen LogP contribution in [0.1, 0.15) is 24.1 Å². The van der Waals surface area contributed by atoms with E-state index in [1.165, 1.54) is 12.1 Å². The van der Waals surface area contributed by atoms with Crippen LogP contribution in [0.5, 0.6) is 17.2 Å². The fraction of sp³-hybridized carbons (Fsp3) is 0.250. The molecular weight excluding hydrogens is 273 g/mol. The third-order valence-corrected chi connectivity index (χ3v) is 3.54. The molecule has 2 aromatic carbocycles. The molecule has 1 atom stereocenters. The predicted molar refractivity (Wildman–Crippen MR) is 75.9 cm³/mol. The van der Waals surface area contributed by atoms with Crippen molar-refractivity contribution in [2.24, 2.45) is 0 Å². The highest BCUT2D eigenvalue weighted by Gasteiger charge is 2.17. The Morgan fingerprint density at radius 2 is 1.95 bits per heavy atom. The van der Waals surface area contributed by atoms with Gasteiger partial charge in [0, 0.05) is 29.8 Å². The van der Waals surface area contributed by atoms with Crippen LogP contribution in [-0.2, 0) is 6.54 Å². The first-order chi connectivity index (χ1) is 10.1. The van der Waals surface area contributed by atoms with E-state index in [1.807, 2.05) is 6.92 Å². The van der Waals surface area contributed by atoms with E-state index in [0.29, 0.717) is 29.2 Å². The van der Waals surface area contributed by atoms with Gasteiger partial charge in [0.15, 0.2) is 11.5 Å². The van der Waals surface area contributed by atoms with Crippen molar-refractivity contribution in [2.45, 2.75) is 19.5 Å². The zero-order valence-electron chi connectivity index (χ0n) is 11.6. The summed E-state index contributed by atoms with van der Waals surface area (Å²) < 4.78 is 24.2. The Labute approximate surface area is 122 Å². The highest BCUT2D eigenvalue weighted by molar-refractivity contribution is 5.51. The van der Waals surface area contributed by atoms with Crippen LogP contribution in [0.2, 0.25) is 0 Å². The minimum Gasteiger partial charge on any atom is -0.507 e. The molecule has 0 fully saturated rings. The molecule has 0 bridgehead atoms. The van der Waals surface area contributed by atoms with Gasteiger partial charge in [-0.15, -0.1) is 0 Å². The number of benzene rings is 2. The van der Waals surface area contributed by atoms with Crippen LogP contribution >= 0.6 is 0 Å². The zero-order chi connectivity index (χ0) is 14.8. The molecule has 21 heavy (non-hydrogen) atoms. The first kappa shape index (κ1) is 13.7. The van der Waals surface area contributed by atoms with E-state index in [0.717, 1.165) is 0 Å². The Bertz CT molecular complexity index is 660. The molecule has 0 aromatic heterocycles. The van der Waals surface area contributed by atoms with Gasteiger partial charge in [0.25, 0.3) is 0 Å². The van der Waals surface area contributed by atoms with Crippen LogP contribution in [-0.4, -0.2) is 11.9 Å². The third kappa shape index (κ3) is 2.78. The van der Waals surface area contributed by atoms with Crippen molar-refractivity contribution in [3.05, 3.63) is 53.3 Å². The highest BCUT2D eigenvalue weighted by Crippen LogP contribution is 2.37. The van der Waals surface area contributed by atoms with Crippen LogP contribution < -0.4 is 14.8 Å². The molecule has 0 saturated carbocycles. The van der Waals surface area contributed by atoms with Gasteiger partial charge in [-0.2, -0.15) is 0 Å². The molecule has 2 N–H and O–H groups in total. The van der Waals surface area contributed by atoms with Crippen LogP contribution in [0.15, 0.2) is 36.4 Å². The fourth-order valence-corrected chi connectivity index (χ4v) is 2.31. The molecule has 0 amide bonds. The average Bonchev–Trinajstić information content (AvgIpc) is 2.92. The standard InChI is InChI=1S/C16H16FNO3/c1-10(12-4-2-3-5-13(12)17)18-8-11-6-15-16(7-14(11)19)21-9-20-15/h2-7,10,18-19H,8-9H2,1H3/t10-/m1/s1. The van der Waals surface area contributed by atoms with E-state index in [9.17, 15) is 9.50 Å². The van der Waals surface area contributed by atoms with Crippen molar-refractivity contribution in [3.63, 3.8) is 0 Å². The first-order valence-electron chi connectivity index (χ1n) is 6.74. The molecule has 0 spiro atoms. The summed E-state index contributed by atoms with van der Waals surface area (Å²) in [6.45, 7) is 2.44. The quantitative estimate of drug-likeness (QED) is 0.908. The predicted octanol–water partition coefficient (Wildman–Crippen LogP) is 3.11. The molecule has 1 aliphatic rings. The number of fused-ring (bicyclic) bond motifs is 1. The van der Waals surface area contributed by atoms with Crippen molar-refractivity contribution in [3.8, 4) is 17.2 Å². The summed E-state index contributed by atoms with van der Waals surface area (Å²) in [6, 6.07) is 9.74. The number of nitrogens with one attached hydrogen (secondary N) is 1. The van der Waals surface area contributed by atoms with Crippen molar-refractivity contribution in [2.75, 3.05) is 6.79 Å². The number of rotatable bonds is 4. The molecule has 5 heteroatoms. The van der Waals surface area contributed by atoms with Crippen molar-refractivity contribution in [1.29, 1.82) is 0 Å². The second kappa shape index (κ2) is 5.61. The molecule has 2 aromatic rings. The van der Waals surface area contributed by atoms with Gasteiger partial charge in [-0.05, 0) is 19.1 Å². The summed E-state index contributed by atoms with van der Waals surface area (Å²) in [5.74, 6) is 1.04. The normalized spacial score (nSPS) is 14.2. The van der Waals surface area contributed by atoms with Gasteiger partial charge < -0.3 is 19.9 Å². The minimum absolute atomic E-state index is 0.132. The van der Waals surface area contributed by atoms with Crippen molar-refractivity contribution in [1.82, 2.24) is 5.32 Å². The van der Waals surface area contributed by atoms with E-state index in [1.54, 1.807) is 24.3 Å². The number of hydrogen-bond acceptors (Lipinski definition) is 4. The Morgan fingerprint density at radius 1 is 1.24 bits per heavy atom. The van der Waals surface area contributed by atoms with Gasteiger partial charge in [0.2, 0.25) is 6.79 Å². The fourth-order valence-electron chi connectivity index (χ4n) is 2.31. The average molecular weight is 289 g/mol. The summed E-state index contributed by atoms with van der Waals surface area (Å²) in [5.41, 5.74) is 1.28. The van der Waals surface area contributed by atoms with Crippen LogP contribution in [0, 0.1) is 5.82 Å². The number of phenolic OH excluding ortho intramolecular Hbond substituents is 1. The zero-order valence-corrected chi connectivity index (χ0v) is 11.6. The van der Waals surface area contributed by atoms with Gasteiger partial charge in [-0.3, -0.25) is 0 Å². The Morgan fingerprint density at radius 3 is 2.71 bits per heavy atom. The van der Waals surface area contributed by atoms with Gasteiger partial charge in [0.1, 0.15) is 11.6 Å². The van der Waals surface area contributed by atoms with E-state index in [2.05, 4.69) is 5.32 Å². The van der Waals surface area contributed by atoms with E-state index in [-0.39, 0.29) is 24.4 Å². The number of aromatic hydroxyl groups is 1. The summed E-state index contributed by atoms with van der Waals surface area (Å²) in [6.07, 6.45) is 0. The highest BCUT2D eigenvalue weighted by atomic mass is 19.1. The van der Waals surface area contributed by atoms with Gasteiger partial charge in [-0.1, -0.05) is 18.2 Å². The van der Waals surface area contributed by atoms with Crippen LogP contribution in [0.3, 0.4) is 0 Å². The lowest BCUT2D eigenvalue weighted by atomic mass is 10.1.